The number of amides is 1. The third-order valence-electron chi connectivity index (χ3n) is 4.64. The number of carbonyl (C=O) groups is 1. The summed E-state index contributed by atoms with van der Waals surface area (Å²) >= 11 is 0. The van der Waals surface area contributed by atoms with Crippen molar-refractivity contribution in [1.29, 1.82) is 0 Å². The number of furan rings is 1. The van der Waals surface area contributed by atoms with Crippen molar-refractivity contribution in [2.75, 3.05) is 26.3 Å². The molecule has 1 N–H and O–H groups in total. The van der Waals surface area contributed by atoms with Crippen molar-refractivity contribution in [2.24, 2.45) is 0 Å². The summed E-state index contributed by atoms with van der Waals surface area (Å²) in [7, 11) is 0. The molecule has 5 heteroatoms. The Balaban J connectivity index is 1.33. The van der Waals surface area contributed by atoms with Crippen LogP contribution in [0.3, 0.4) is 0 Å². The van der Waals surface area contributed by atoms with Crippen LogP contribution >= 0.6 is 0 Å². The first-order valence-electron chi connectivity index (χ1n) is 8.93. The fourth-order valence-corrected chi connectivity index (χ4v) is 3.14. The van der Waals surface area contributed by atoms with Crippen LogP contribution in [0.5, 0.6) is 0 Å². The maximum absolute atomic E-state index is 12.3. The van der Waals surface area contributed by atoms with Crippen LogP contribution in [0.2, 0.25) is 0 Å². The van der Waals surface area contributed by atoms with Gasteiger partial charge in [-0.25, -0.2) is 0 Å². The molecule has 2 heterocycles. The Hall–Kier alpha value is -2.63. The average Bonchev–Trinajstić information content (AvgIpc) is 3.12. The summed E-state index contributed by atoms with van der Waals surface area (Å²) in [6.07, 6.45) is 0. The highest BCUT2D eigenvalue weighted by atomic mass is 16.5. The van der Waals surface area contributed by atoms with Crippen LogP contribution in [-0.4, -0.2) is 37.1 Å². The second kappa shape index (κ2) is 7.72. The summed E-state index contributed by atoms with van der Waals surface area (Å²) in [4.78, 5) is 14.7. The van der Waals surface area contributed by atoms with Crippen molar-refractivity contribution >= 4 is 16.9 Å². The Morgan fingerprint density at radius 1 is 1.00 bits per heavy atom. The molecule has 26 heavy (non-hydrogen) atoms. The topological polar surface area (TPSA) is 54.7 Å². The van der Waals surface area contributed by atoms with Crippen molar-refractivity contribution in [3.8, 4) is 0 Å². The fraction of sp³-hybridized carbons (Fsp3) is 0.286. The van der Waals surface area contributed by atoms with E-state index < -0.39 is 0 Å². The van der Waals surface area contributed by atoms with Crippen LogP contribution in [-0.2, 0) is 17.8 Å². The van der Waals surface area contributed by atoms with Gasteiger partial charge in [-0.3, -0.25) is 9.69 Å². The van der Waals surface area contributed by atoms with Gasteiger partial charge in [-0.1, -0.05) is 42.5 Å². The lowest BCUT2D eigenvalue weighted by Crippen LogP contribution is -2.35. The molecule has 0 bridgehead atoms. The van der Waals surface area contributed by atoms with Crippen LogP contribution in [0.15, 0.2) is 59.0 Å². The first kappa shape index (κ1) is 16.8. The zero-order valence-corrected chi connectivity index (χ0v) is 14.6. The highest BCUT2D eigenvalue weighted by Gasteiger charge is 2.12. The Morgan fingerprint density at radius 3 is 2.50 bits per heavy atom. The molecule has 2 aromatic carbocycles. The number of hydrogen-bond acceptors (Lipinski definition) is 4. The van der Waals surface area contributed by atoms with E-state index in [2.05, 4.69) is 34.5 Å². The van der Waals surface area contributed by atoms with Gasteiger partial charge in [0.25, 0.3) is 5.91 Å². The summed E-state index contributed by atoms with van der Waals surface area (Å²) in [6, 6.07) is 17.8. The van der Waals surface area contributed by atoms with E-state index in [9.17, 15) is 4.79 Å². The fourth-order valence-electron chi connectivity index (χ4n) is 3.14. The first-order chi connectivity index (χ1) is 12.8. The smallest absolute Gasteiger partial charge is 0.287 e. The minimum Gasteiger partial charge on any atom is -0.451 e. The molecular weight excluding hydrogens is 328 g/mol. The molecule has 5 nitrogen and oxygen atoms in total. The van der Waals surface area contributed by atoms with Gasteiger partial charge in [0, 0.05) is 31.6 Å². The average molecular weight is 350 g/mol. The number of morpholine rings is 1. The van der Waals surface area contributed by atoms with Crippen LogP contribution < -0.4 is 5.32 Å². The lowest BCUT2D eigenvalue weighted by Gasteiger charge is -2.26. The monoisotopic (exact) mass is 350 g/mol. The molecule has 0 aliphatic carbocycles. The second-order valence-corrected chi connectivity index (χ2v) is 6.54. The number of benzene rings is 2. The zero-order chi connectivity index (χ0) is 17.8. The van der Waals surface area contributed by atoms with E-state index in [-0.39, 0.29) is 5.91 Å². The molecule has 1 aromatic heterocycles. The van der Waals surface area contributed by atoms with E-state index in [1.807, 2.05) is 24.3 Å². The van der Waals surface area contributed by atoms with Crippen molar-refractivity contribution < 1.29 is 13.9 Å². The number of para-hydroxylation sites is 1. The predicted molar refractivity (Wildman–Crippen MR) is 99.9 cm³/mol. The van der Waals surface area contributed by atoms with Crippen molar-refractivity contribution in [1.82, 2.24) is 10.2 Å². The van der Waals surface area contributed by atoms with E-state index in [1.54, 1.807) is 6.07 Å². The minimum atomic E-state index is -0.196. The first-order valence-corrected chi connectivity index (χ1v) is 8.93. The standard InChI is InChI=1S/C21H22N2O3/c24-21(20-13-18-3-1-2-4-19(18)26-20)22-14-16-5-7-17(8-6-16)15-23-9-11-25-12-10-23/h1-8,13H,9-12,14-15H2,(H,22,24). The Kier molecular flexibility index (Phi) is 5.00. The maximum atomic E-state index is 12.3. The summed E-state index contributed by atoms with van der Waals surface area (Å²) in [5, 5.41) is 3.85. The quantitative estimate of drug-likeness (QED) is 0.768. The third-order valence-corrected chi connectivity index (χ3v) is 4.64. The molecule has 0 radical (unpaired) electrons. The molecular formula is C21H22N2O3. The number of rotatable bonds is 5. The number of ether oxygens (including phenoxy) is 1. The number of nitrogens with zero attached hydrogens (tertiary/aromatic N) is 1. The van der Waals surface area contributed by atoms with E-state index >= 15 is 0 Å². The van der Waals surface area contributed by atoms with Crippen LogP contribution in [0, 0.1) is 0 Å². The molecule has 1 aliphatic heterocycles. The lowest BCUT2D eigenvalue weighted by molar-refractivity contribution is 0.0342. The molecule has 0 atom stereocenters. The molecule has 0 saturated carbocycles. The van der Waals surface area contributed by atoms with Gasteiger partial charge in [-0.15, -0.1) is 0 Å². The van der Waals surface area contributed by atoms with Gasteiger partial charge in [0.05, 0.1) is 13.2 Å². The third kappa shape index (κ3) is 3.95. The number of fused-ring (bicyclic) bond motifs is 1. The predicted octanol–water partition coefficient (Wildman–Crippen LogP) is 3.20. The molecule has 1 aliphatic rings. The minimum absolute atomic E-state index is 0.196. The molecule has 134 valence electrons. The second-order valence-electron chi connectivity index (χ2n) is 6.54. The molecule has 0 spiro atoms. The van der Waals surface area contributed by atoms with Crippen LogP contribution in [0.1, 0.15) is 21.7 Å². The normalized spacial score (nSPS) is 15.2. The van der Waals surface area contributed by atoms with Crippen molar-refractivity contribution in [3.63, 3.8) is 0 Å². The summed E-state index contributed by atoms with van der Waals surface area (Å²) in [5.74, 6) is 0.147. The van der Waals surface area contributed by atoms with Crippen LogP contribution in [0.25, 0.3) is 11.0 Å². The van der Waals surface area contributed by atoms with Crippen molar-refractivity contribution in [2.45, 2.75) is 13.1 Å². The Morgan fingerprint density at radius 2 is 1.73 bits per heavy atom. The summed E-state index contributed by atoms with van der Waals surface area (Å²) in [6.45, 7) is 5.01. The zero-order valence-electron chi connectivity index (χ0n) is 14.6. The van der Waals surface area contributed by atoms with E-state index in [0.717, 1.165) is 49.4 Å². The Labute approximate surface area is 152 Å². The molecule has 0 unspecified atom stereocenters. The lowest BCUT2D eigenvalue weighted by atomic mass is 10.1. The van der Waals surface area contributed by atoms with E-state index in [0.29, 0.717) is 12.3 Å². The molecule has 1 fully saturated rings. The SMILES string of the molecule is O=C(NCc1ccc(CN2CCOCC2)cc1)c1cc2ccccc2o1. The van der Waals surface area contributed by atoms with Crippen LogP contribution in [0.4, 0.5) is 0 Å². The molecule has 1 amide bonds. The van der Waals surface area contributed by atoms with Gasteiger partial charge in [0.1, 0.15) is 5.58 Å². The van der Waals surface area contributed by atoms with Gasteiger partial charge in [-0.2, -0.15) is 0 Å². The number of carbonyl (C=O) groups excluding carboxylic acids is 1. The van der Waals surface area contributed by atoms with Gasteiger partial charge in [0.2, 0.25) is 0 Å². The number of nitrogens with one attached hydrogen (secondary N) is 1. The Bertz CT molecular complexity index is 847. The maximum Gasteiger partial charge on any atom is 0.287 e. The highest BCUT2D eigenvalue weighted by molar-refractivity contribution is 5.95. The molecule has 1 saturated heterocycles. The van der Waals surface area contributed by atoms with Gasteiger partial charge in [-0.05, 0) is 23.3 Å². The summed E-state index contributed by atoms with van der Waals surface area (Å²) < 4.78 is 11.0. The van der Waals surface area contributed by atoms with E-state index in [1.165, 1.54) is 5.56 Å². The van der Waals surface area contributed by atoms with Gasteiger partial charge < -0.3 is 14.5 Å². The largest absolute Gasteiger partial charge is 0.451 e. The van der Waals surface area contributed by atoms with E-state index in [4.69, 9.17) is 9.15 Å². The van der Waals surface area contributed by atoms with Gasteiger partial charge in [0.15, 0.2) is 5.76 Å². The summed E-state index contributed by atoms with van der Waals surface area (Å²) in [5.41, 5.74) is 3.07. The number of hydrogen-bond donors (Lipinski definition) is 1. The molecule has 4 rings (SSSR count). The molecule has 3 aromatic rings. The van der Waals surface area contributed by atoms with Gasteiger partial charge >= 0.3 is 0 Å². The van der Waals surface area contributed by atoms with Crippen molar-refractivity contribution in [3.05, 3.63) is 71.5 Å². The highest BCUT2D eigenvalue weighted by Crippen LogP contribution is 2.18.